The van der Waals surface area contributed by atoms with Crippen molar-refractivity contribution in [2.24, 2.45) is 0 Å². The lowest BCUT2D eigenvalue weighted by atomic mass is 10.1. The summed E-state index contributed by atoms with van der Waals surface area (Å²) in [5, 5.41) is 7.72. The van der Waals surface area contributed by atoms with Crippen LogP contribution in [0.25, 0.3) is 0 Å². The molecule has 0 saturated carbocycles. The van der Waals surface area contributed by atoms with Gasteiger partial charge in [-0.05, 0) is 32.2 Å². The first-order valence-electron chi connectivity index (χ1n) is 6.55. The van der Waals surface area contributed by atoms with E-state index in [1.165, 1.54) is 0 Å². The molecule has 0 aliphatic rings. The fraction of sp³-hybridized carbons (Fsp3) is 0.429. The van der Waals surface area contributed by atoms with Gasteiger partial charge in [-0.3, -0.25) is 0 Å². The van der Waals surface area contributed by atoms with Crippen molar-refractivity contribution in [3.63, 3.8) is 0 Å². The van der Waals surface area contributed by atoms with E-state index in [1.54, 1.807) is 6.07 Å². The van der Waals surface area contributed by atoms with Crippen molar-refractivity contribution >= 4 is 11.6 Å². The van der Waals surface area contributed by atoms with Gasteiger partial charge in [0.15, 0.2) is 6.61 Å². The van der Waals surface area contributed by atoms with E-state index in [2.05, 4.69) is 15.5 Å². The quantitative estimate of drug-likeness (QED) is 0.887. The molecule has 1 N–H and O–H groups in total. The lowest BCUT2D eigenvalue weighted by Crippen LogP contribution is -2.14. The molecule has 0 spiro atoms. The van der Waals surface area contributed by atoms with Gasteiger partial charge in [-0.15, -0.1) is 0 Å². The van der Waals surface area contributed by atoms with E-state index in [9.17, 15) is 0 Å². The average molecular weight is 296 g/mol. The number of ether oxygens (including phenoxy) is 1. The van der Waals surface area contributed by atoms with Crippen LogP contribution in [-0.2, 0) is 13.0 Å². The van der Waals surface area contributed by atoms with Crippen molar-refractivity contribution in [3.05, 3.63) is 40.5 Å². The summed E-state index contributed by atoms with van der Waals surface area (Å²) in [6.45, 7) is 4.28. The van der Waals surface area contributed by atoms with Gasteiger partial charge in [-0.1, -0.05) is 23.7 Å². The number of rotatable bonds is 6. The first kappa shape index (κ1) is 14.8. The Kier molecular flexibility index (Phi) is 4.98. The third-order valence-electron chi connectivity index (χ3n) is 3.04. The summed E-state index contributed by atoms with van der Waals surface area (Å²) in [5.41, 5.74) is 0.999. The second-order valence-electron chi connectivity index (χ2n) is 4.44. The molecule has 0 radical (unpaired) electrons. The SMILES string of the molecule is CCc1nc(COc2ccc(Cl)cc2C(C)NC)no1. The minimum atomic E-state index is 0.139. The Morgan fingerprint density at radius 1 is 1.45 bits per heavy atom. The van der Waals surface area contributed by atoms with Gasteiger partial charge in [0.2, 0.25) is 11.7 Å². The van der Waals surface area contributed by atoms with Crippen LogP contribution in [-0.4, -0.2) is 17.2 Å². The Hall–Kier alpha value is -1.59. The number of aryl methyl sites for hydroxylation is 1. The van der Waals surface area contributed by atoms with E-state index in [-0.39, 0.29) is 12.6 Å². The van der Waals surface area contributed by atoms with Gasteiger partial charge in [-0.2, -0.15) is 4.98 Å². The normalized spacial score (nSPS) is 12.4. The molecule has 1 heterocycles. The van der Waals surface area contributed by atoms with Gasteiger partial charge >= 0.3 is 0 Å². The standard InChI is InChI=1S/C14H18ClN3O2/c1-4-14-17-13(18-20-14)8-19-12-6-5-10(15)7-11(12)9(2)16-3/h5-7,9,16H,4,8H2,1-3H3. The van der Waals surface area contributed by atoms with Crippen molar-refractivity contribution in [1.82, 2.24) is 15.5 Å². The minimum absolute atomic E-state index is 0.139. The van der Waals surface area contributed by atoms with Crippen molar-refractivity contribution in [3.8, 4) is 5.75 Å². The van der Waals surface area contributed by atoms with Gasteiger partial charge in [0.25, 0.3) is 0 Å². The van der Waals surface area contributed by atoms with Crippen LogP contribution in [0.5, 0.6) is 5.75 Å². The molecule has 2 aromatic rings. The van der Waals surface area contributed by atoms with Crippen molar-refractivity contribution in [2.75, 3.05) is 7.05 Å². The number of nitrogens with one attached hydrogen (secondary N) is 1. The third kappa shape index (κ3) is 3.49. The molecular formula is C14H18ClN3O2. The molecule has 108 valence electrons. The van der Waals surface area contributed by atoms with Crippen LogP contribution in [0.1, 0.15) is 37.2 Å². The Bertz CT molecular complexity index is 571. The molecule has 6 heteroatoms. The van der Waals surface area contributed by atoms with Crippen LogP contribution < -0.4 is 10.1 Å². The predicted molar refractivity (Wildman–Crippen MR) is 76.9 cm³/mol. The van der Waals surface area contributed by atoms with Gasteiger partial charge in [0, 0.05) is 23.0 Å². The highest BCUT2D eigenvalue weighted by molar-refractivity contribution is 6.30. The topological polar surface area (TPSA) is 60.2 Å². The lowest BCUT2D eigenvalue weighted by Gasteiger charge is -2.16. The summed E-state index contributed by atoms with van der Waals surface area (Å²) in [6, 6.07) is 5.69. The lowest BCUT2D eigenvalue weighted by molar-refractivity contribution is 0.280. The Morgan fingerprint density at radius 2 is 2.25 bits per heavy atom. The highest BCUT2D eigenvalue weighted by Crippen LogP contribution is 2.28. The molecule has 2 rings (SSSR count). The number of halogens is 1. The first-order valence-corrected chi connectivity index (χ1v) is 6.92. The first-order chi connectivity index (χ1) is 9.63. The molecule has 1 aromatic heterocycles. The van der Waals surface area contributed by atoms with Crippen LogP contribution in [0.3, 0.4) is 0 Å². The maximum Gasteiger partial charge on any atom is 0.226 e. The minimum Gasteiger partial charge on any atom is -0.485 e. The number of hydrogen-bond donors (Lipinski definition) is 1. The summed E-state index contributed by atoms with van der Waals surface area (Å²) < 4.78 is 10.8. The smallest absolute Gasteiger partial charge is 0.226 e. The largest absolute Gasteiger partial charge is 0.485 e. The molecule has 1 aromatic carbocycles. The van der Waals surface area contributed by atoms with Crippen LogP contribution in [0.15, 0.2) is 22.7 Å². The fourth-order valence-corrected chi connectivity index (χ4v) is 1.96. The number of nitrogens with zero attached hydrogens (tertiary/aromatic N) is 2. The molecule has 0 fully saturated rings. The zero-order valence-electron chi connectivity index (χ0n) is 11.8. The third-order valence-corrected chi connectivity index (χ3v) is 3.28. The highest BCUT2D eigenvalue weighted by atomic mass is 35.5. The van der Waals surface area contributed by atoms with Gasteiger partial charge in [-0.25, -0.2) is 0 Å². The van der Waals surface area contributed by atoms with E-state index in [1.807, 2.05) is 33.0 Å². The van der Waals surface area contributed by atoms with E-state index in [0.717, 1.165) is 17.7 Å². The number of hydrogen-bond acceptors (Lipinski definition) is 5. The van der Waals surface area contributed by atoms with Gasteiger partial charge < -0.3 is 14.6 Å². The van der Waals surface area contributed by atoms with Crippen molar-refractivity contribution in [1.29, 1.82) is 0 Å². The van der Waals surface area contributed by atoms with Crippen LogP contribution in [0.2, 0.25) is 5.02 Å². The summed E-state index contributed by atoms with van der Waals surface area (Å²) in [4.78, 5) is 4.21. The molecule has 0 amide bonds. The molecular weight excluding hydrogens is 278 g/mol. The van der Waals surface area contributed by atoms with E-state index in [0.29, 0.717) is 16.7 Å². The summed E-state index contributed by atoms with van der Waals surface area (Å²) in [7, 11) is 1.89. The molecule has 0 aliphatic carbocycles. The second kappa shape index (κ2) is 6.72. The summed E-state index contributed by atoms with van der Waals surface area (Å²) in [6.07, 6.45) is 0.718. The molecule has 1 unspecified atom stereocenters. The Balaban J connectivity index is 2.12. The van der Waals surface area contributed by atoms with Gasteiger partial charge in [0.05, 0.1) is 0 Å². The van der Waals surface area contributed by atoms with E-state index < -0.39 is 0 Å². The predicted octanol–water partition coefficient (Wildman–Crippen LogP) is 3.14. The summed E-state index contributed by atoms with van der Waals surface area (Å²) >= 11 is 6.03. The summed E-state index contributed by atoms with van der Waals surface area (Å²) in [5.74, 6) is 1.92. The van der Waals surface area contributed by atoms with Crippen LogP contribution >= 0.6 is 11.6 Å². The van der Waals surface area contributed by atoms with Crippen LogP contribution in [0.4, 0.5) is 0 Å². The molecule has 0 saturated heterocycles. The molecule has 0 bridgehead atoms. The zero-order valence-corrected chi connectivity index (χ0v) is 12.6. The van der Waals surface area contributed by atoms with Crippen molar-refractivity contribution in [2.45, 2.75) is 32.9 Å². The maximum absolute atomic E-state index is 6.03. The van der Waals surface area contributed by atoms with Gasteiger partial charge in [0.1, 0.15) is 5.75 Å². The van der Waals surface area contributed by atoms with E-state index in [4.69, 9.17) is 20.9 Å². The molecule has 5 nitrogen and oxygen atoms in total. The monoisotopic (exact) mass is 295 g/mol. The molecule has 0 aliphatic heterocycles. The maximum atomic E-state index is 6.03. The Labute approximate surface area is 123 Å². The van der Waals surface area contributed by atoms with Crippen LogP contribution in [0, 0.1) is 0 Å². The highest BCUT2D eigenvalue weighted by Gasteiger charge is 2.12. The zero-order chi connectivity index (χ0) is 14.5. The molecule has 20 heavy (non-hydrogen) atoms. The molecule has 1 atom stereocenters. The van der Waals surface area contributed by atoms with E-state index >= 15 is 0 Å². The fourth-order valence-electron chi connectivity index (χ4n) is 1.78. The Morgan fingerprint density at radius 3 is 2.90 bits per heavy atom. The number of benzene rings is 1. The average Bonchev–Trinajstić information content (AvgIpc) is 2.93. The van der Waals surface area contributed by atoms with Crippen molar-refractivity contribution < 1.29 is 9.26 Å². The number of aromatic nitrogens is 2. The second-order valence-corrected chi connectivity index (χ2v) is 4.88.